The molecule has 6 nitrogen and oxygen atoms in total. The number of carbonyl (C=O) groups excluding carboxylic acids is 1. The van der Waals surface area contributed by atoms with Gasteiger partial charge in [0.2, 0.25) is 0 Å². The number of amides is 1. The van der Waals surface area contributed by atoms with Crippen LogP contribution < -0.4 is 20.1 Å². The molecule has 1 aromatic heterocycles. The summed E-state index contributed by atoms with van der Waals surface area (Å²) in [5, 5.41) is 6.19. The Labute approximate surface area is 170 Å². The van der Waals surface area contributed by atoms with E-state index in [1.165, 1.54) is 11.1 Å². The monoisotopic (exact) mass is 391 g/mol. The van der Waals surface area contributed by atoms with Crippen molar-refractivity contribution in [3.63, 3.8) is 0 Å². The molecule has 1 amide bonds. The Hall–Kier alpha value is -3.54. The third-order valence-electron chi connectivity index (χ3n) is 4.79. The van der Waals surface area contributed by atoms with Gasteiger partial charge in [-0.3, -0.25) is 4.79 Å². The van der Waals surface area contributed by atoms with Gasteiger partial charge < -0.3 is 20.1 Å². The predicted octanol–water partition coefficient (Wildman–Crippen LogP) is 4.39. The Morgan fingerprint density at radius 1 is 1.00 bits per heavy atom. The first-order valence-electron chi connectivity index (χ1n) is 9.30. The van der Waals surface area contributed by atoms with E-state index in [1.807, 2.05) is 30.3 Å². The molecule has 0 radical (unpaired) electrons. The highest BCUT2D eigenvalue weighted by Crippen LogP contribution is 2.27. The molecule has 0 atom stereocenters. The molecule has 2 aromatic carbocycles. The number of nitrogens with zero attached hydrogens (tertiary/aromatic N) is 1. The number of nitrogens with one attached hydrogen (secondary N) is 2. The van der Waals surface area contributed by atoms with E-state index in [0.717, 1.165) is 11.3 Å². The molecule has 1 heterocycles. The summed E-state index contributed by atoms with van der Waals surface area (Å²) in [5.74, 6) is 1.78. The largest absolute Gasteiger partial charge is 0.493 e. The Morgan fingerprint density at radius 2 is 1.79 bits per heavy atom. The zero-order valence-electron chi connectivity index (χ0n) is 17.1. The van der Waals surface area contributed by atoms with Crippen LogP contribution in [0, 0.1) is 13.8 Å². The van der Waals surface area contributed by atoms with Gasteiger partial charge in [-0.25, -0.2) is 4.98 Å². The van der Waals surface area contributed by atoms with Crippen LogP contribution in [-0.2, 0) is 6.54 Å². The molecule has 0 aliphatic carbocycles. The summed E-state index contributed by atoms with van der Waals surface area (Å²) in [6.07, 6.45) is 1.57. The second-order valence-electron chi connectivity index (χ2n) is 6.68. The average Bonchev–Trinajstić information content (AvgIpc) is 2.75. The molecule has 0 fully saturated rings. The van der Waals surface area contributed by atoms with Gasteiger partial charge in [-0.15, -0.1) is 0 Å². The van der Waals surface area contributed by atoms with Crippen LogP contribution in [0.1, 0.15) is 27.0 Å². The number of carbonyl (C=O) groups is 1. The van der Waals surface area contributed by atoms with Crippen LogP contribution in [0.3, 0.4) is 0 Å². The summed E-state index contributed by atoms with van der Waals surface area (Å²) in [6, 6.07) is 15.2. The Bertz CT molecular complexity index is 1000. The van der Waals surface area contributed by atoms with Crippen molar-refractivity contribution in [2.45, 2.75) is 20.4 Å². The lowest BCUT2D eigenvalue weighted by molar-refractivity contribution is 0.0950. The maximum absolute atomic E-state index is 12.4. The van der Waals surface area contributed by atoms with Crippen molar-refractivity contribution in [2.24, 2.45) is 0 Å². The van der Waals surface area contributed by atoms with E-state index >= 15 is 0 Å². The number of hydrogen-bond donors (Lipinski definition) is 2. The number of anilines is 2. The van der Waals surface area contributed by atoms with Gasteiger partial charge in [0.05, 0.1) is 19.8 Å². The van der Waals surface area contributed by atoms with E-state index in [-0.39, 0.29) is 5.91 Å². The standard InChI is InChI=1S/C23H25N3O3/c1-15-6-5-7-19(16(15)2)26-22-11-9-18(14-24-22)23(27)25-13-17-8-10-20(28-3)21(12-17)29-4/h5-12,14H,13H2,1-4H3,(H,24,26)(H,25,27). The number of ether oxygens (including phenoxy) is 2. The van der Waals surface area contributed by atoms with Crippen molar-refractivity contribution < 1.29 is 14.3 Å². The van der Waals surface area contributed by atoms with Crippen LogP contribution in [-0.4, -0.2) is 25.1 Å². The van der Waals surface area contributed by atoms with Crippen LogP contribution in [0.4, 0.5) is 11.5 Å². The lowest BCUT2D eigenvalue weighted by atomic mass is 10.1. The first-order valence-corrected chi connectivity index (χ1v) is 9.30. The van der Waals surface area contributed by atoms with Crippen LogP contribution in [0.5, 0.6) is 11.5 Å². The molecule has 2 N–H and O–H groups in total. The topological polar surface area (TPSA) is 72.5 Å². The number of hydrogen-bond acceptors (Lipinski definition) is 5. The minimum atomic E-state index is -0.189. The minimum Gasteiger partial charge on any atom is -0.493 e. The second kappa shape index (κ2) is 9.10. The number of methoxy groups -OCH3 is 2. The zero-order chi connectivity index (χ0) is 20.8. The number of benzene rings is 2. The molecule has 0 aliphatic heterocycles. The highest BCUT2D eigenvalue weighted by atomic mass is 16.5. The predicted molar refractivity (Wildman–Crippen MR) is 114 cm³/mol. The number of pyridine rings is 1. The van der Waals surface area contributed by atoms with Gasteiger partial charge in [0, 0.05) is 18.4 Å². The molecule has 3 aromatic rings. The van der Waals surface area contributed by atoms with Crippen molar-refractivity contribution in [3.8, 4) is 11.5 Å². The molecule has 0 spiro atoms. The summed E-state index contributed by atoms with van der Waals surface area (Å²) in [5.41, 5.74) is 4.80. The first kappa shape index (κ1) is 20.2. The number of aryl methyl sites for hydroxylation is 1. The van der Waals surface area contributed by atoms with Crippen LogP contribution in [0.15, 0.2) is 54.7 Å². The molecule has 6 heteroatoms. The van der Waals surface area contributed by atoms with E-state index in [1.54, 1.807) is 32.5 Å². The third kappa shape index (κ3) is 4.85. The summed E-state index contributed by atoms with van der Waals surface area (Å²) < 4.78 is 10.5. The average molecular weight is 391 g/mol. The van der Waals surface area contributed by atoms with Gasteiger partial charge in [-0.1, -0.05) is 18.2 Å². The molecule has 0 aliphatic rings. The van der Waals surface area contributed by atoms with E-state index in [9.17, 15) is 4.79 Å². The molecule has 29 heavy (non-hydrogen) atoms. The Morgan fingerprint density at radius 3 is 2.48 bits per heavy atom. The molecule has 0 saturated heterocycles. The van der Waals surface area contributed by atoms with Crippen molar-refractivity contribution in [2.75, 3.05) is 19.5 Å². The molecular formula is C23H25N3O3. The number of aromatic nitrogens is 1. The smallest absolute Gasteiger partial charge is 0.253 e. The van der Waals surface area contributed by atoms with E-state index < -0.39 is 0 Å². The molecule has 3 rings (SSSR count). The highest BCUT2D eigenvalue weighted by Gasteiger charge is 2.09. The lowest BCUT2D eigenvalue weighted by Crippen LogP contribution is -2.23. The van der Waals surface area contributed by atoms with Gasteiger partial charge in [-0.2, -0.15) is 0 Å². The maximum Gasteiger partial charge on any atom is 0.253 e. The fraction of sp³-hybridized carbons (Fsp3) is 0.217. The molecule has 150 valence electrons. The first-order chi connectivity index (χ1) is 14.0. The summed E-state index contributed by atoms with van der Waals surface area (Å²) in [6.45, 7) is 4.51. The van der Waals surface area contributed by atoms with Crippen molar-refractivity contribution in [3.05, 3.63) is 77.0 Å². The Balaban J connectivity index is 1.62. The van der Waals surface area contributed by atoms with Crippen molar-refractivity contribution in [1.82, 2.24) is 10.3 Å². The molecule has 0 saturated carbocycles. The quantitative estimate of drug-likeness (QED) is 0.625. The van der Waals surface area contributed by atoms with Crippen LogP contribution in [0.2, 0.25) is 0 Å². The highest BCUT2D eigenvalue weighted by molar-refractivity contribution is 5.94. The van der Waals surface area contributed by atoms with E-state index in [0.29, 0.717) is 29.4 Å². The van der Waals surface area contributed by atoms with Gasteiger partial charge in [0.15, 0.2) is 11.5 Å². The van der Waals surface area contributed by atoms with E-state index in [2.05, 4.69) is 35.5 Å². The van der Waals surface area contributed by atoms with Crippen LogP contribution >= 0.6 is 0 Å². The maximum atomic E-state index is 12.4. The fourth-order valence-electron chi connectivity index (χ4n) is 2.90. The second-order valence-corrected chi connectivity index (χ2v) is 6.68. The number of rotatable bonds is 7. The van der Waals surface area contributed by atoms with Gasteiger partial charge in [0.1, 0.15) is 5.82 Å². The van der Waals surface area contributed by atoms with Gasteiger partial charge >= 0.3 is 0 Å². The SMILES string of the molecule is COc1ccc(CNC(=O)c2ccc(Nc3cccc(C)c3C)nc2)cc1OC. The zero-order valence-corrected chi connectivity index (χ0v) is 17.1. The molecular weight excluding hydrogens is 366 g/mol. The third-order valence-corrected chi connectivity index (χ3v) is 4.79. The van der Waals surface area contributed by atoms with Gasteiger partial charge in [0.25, 0.3) is 5.91 Å². The lowest BCUT2D eigenvalue weighted by Gasteiger charge is -2.12. The van der Waals surface area contributed by atoms with Crippen molar-refractivity contribution in [1.29, 1.82) is 0 Å². The normalized spacial score (nSPS) is 10.3. The minimum absolute atomic E-state index is 0.189. The fourth-order valence-corrected chi connectivity index (χ4v) is 2.90. The van der Waals surface area contributed by atoms with Gasteiger partial charge in [-0.05, 0) is 60.9 Å². The summed E-state index contributed by atoms with van der Waals surface area (Å²) in [4.78, 5) is 16.8. The summed E-state index contributed by atoms with van der Waals surface area (Å²) >= 11 is 0. The van der Waals surface area contributed by atoms with Crippen molar-refractivity contribution >= 4 is 17.4 Å². The van der Waals surface area contributed by atoms with E-state index in [4.69, 9.17) is 9.47 Å². The molecule has 0 unspecified atom stereocenters. The van der Waals surface area contributed by atoms with Crippen LogP contribution in [0.25, 0.3) is 0 Å². The summed E-state index contributed by atoms with van der Waals surface area (Å²) in [7, 11) is 3.17. The Kier molecular flexibility index (Phi) is 6.34. The molecule has 0 bridgehead atoms.